The van der Waals surface area contributed by atoms with Gasteiger partial charge in [-0.05, 0) is 55.5 Å². The Hall–Kier alpha value is -2.71. The van der Waals surface area contributed by atoms with Gasteiger partial charge in [-0.25, -0.2) is 8.42 Å². The Bertz CT molecular complexity index is 1110. The zero-order valence-corrected chi connectivity index (χ0v) is 20.0. The van der Waals surface area contributed by atoms with Gasteiger partial charge >= 0.3 is 0 Å². The maximum absolute atomic E-state index is 13.1. The Balaban J connectivity index is 1.75. The van der Waals surface area contributed by atoms with E-state index in [4.69, 9.17) is 0 Å². The summed E-state index contributed by atoms with van der Waals surface area (Å²) in [5.74, 6) is -0.692. The third-order valence-corrected chi connectivity index (χ3v) is 7.17. The van der Waals surface area contributed by atoms with Crippen LogP contribution in [0.1, 0.15) is 44.4 Å². The molecule has 0 fully saturated rings. The molecule has 0 aliphatic carbocycles. The Morgan fingerprint density at radius 1 is 1.12 bits per heavy atom. The molecule has 172 valence electrons. The molecule has 1 aliphatic rings. The highest BCUT2D eigenvalue weighted by Gasteiger charge is 2.32. The van der Waals surface area contributed by atoms with E-state index in [9.17, 15) is 18.0 Å². The number of fused-ring (bicyclic) bond motifs is 1. The number of rotatable bonds is 7. The second-order valence-corrected chi connectivity index (χ2v) is 10.5. The number of carbonyl (C=O) groups is 2. The van der Waals surface area contributed by atoms with Crippen molar-refractivity contribution in [2.45, 2.75) is 64.6 Å². The van der Waals surface area contributed by atoms with Gasteiger partial charge in [0.05, 0.1) is 4.90 Å². The summed E-state index contributed by atoms with van der Waals surface area (Å²) in [4.78, 5) is 26.5. The van der Waals surface area contributed by atoms with Crippen molar-refractivity contribution in [3.8, 4) is 0 Å². The van der Waals surface area contributed by atoms with Gasteiger partial charge in [-0.15, -0.1) is 0 Å². The smallest absolute Gasteiger partial charge is 0.241 e. The van der Waals surface area contributed by atoms with E-state index in [-0.39, 0.29) is 28.7 Å². The minimum Gasteiger partial charge on any atom is -0.351 e. The van der Waals surface area contributed by atoms with Gasteiger partial charge in [0.15, 0.2) is 0 Å². The molecule has 8 heteroatoms. The van der Waals surface area contributed by atoms with Crippen molar-refractivity contribution in [2.24, 2.45) is 5.92 Å². The monoisotopic (exact) mass is 457 g/mol. The molecule has 0 spiro atoms. The zero-order chi connectivity index (χ0) is 23.6. The van der Waals surface area contributed by atoms with Crippen molar-refractivity contribution >= 4 is 27.5 Å². The number of sulfonamides is 1. The highest BCUT2D eigenvalue weighted by Crippen LogP contribution is 2.34. The van der Waals surface area contributed by atoms with Crippen LogP contribution in [0.3, 0.4) is 0 Å². The maximum atomic E-state index is 13.1. The minimum atomic E-state index is -3.93. The number of anilines is 1. The van der Waals surface area contributed by atoms with Crippen LogP contribution >= 0.6 is 0 Å². The summed E-state index contributed by atoms with van der Waals surface area (Å²) in [6.07, 6.45) is 0.586. The Labute approximate surface area is 190 Å². The SMILES string of the molecule is CC(=O)N1c2ccc(S(=O)(=O)N[C@@H](C(=O)NCc3ccc(C)cc3)C(C)C)cc2C[C@H]1C. The van der Waals surface area contributed by atoms with E-state index in [0.29, 0.717) is 13.0 Å². The van der Waals surface area contributed by atoms with Gasteiger partial charge in [-0.1, -0.05) is 43.7 Å². The van der Waals surface area contributed by atoms with Gasteiger partial charge < -0.3 is 10.2 Å². The molecule has 0 bridgehead atoms. The summed E-state index contributed by atoms with van der Waals surface area (Å²) < 4.78 is 28.7. The molecule has 0 saturated carbocycles. The first-order chi connectivity index (χ1) is 15.0. The quantitative estimate of drug-likeness (QED) is 0.668. The lowest BCUT2D eigenvalue weighted by atomic mass is 10.0. The van der Waals surface area contributed by atoms with Crippen LogP contribution in [-0.4, -0.2) is 32.3 Å². The molecule has 2 N–H and O–H groups in total. The summed E-state index contributed by atoms with van der Waals surface area (Å²) in [6.45, 7) is 9.34. The van der Waals surface area contributed by atoms with Gasteiger partial charge in [-0.2, -0.15) is 4.72 Å². The molecule has 32 heavy (non-hydrogen) atoms. The van der Waals surface area contributed by atoms with Crippen molar-refractivity contribution in [2.75, 3.05) is 4.90 Å². The Morgan fingerprint density at radius 3 is 2.38 bits per heavy atom. The fourth-order valence-electron chi connectivity index (χ4n) is 3.99. The molecule has 0 unspecified atom stereocenters. The van der Waals surface area contributed by atoms with E-state index in [1.165, 1.54) is 13.0 Å². The summed E-state index contributed by atoms with van der Waals surface area (Å²) in [7, 11) is -3.93. The first-order valence-electron chi connectivity index (χ1n) is 10.8. The van der Waals surface area contributed by atoms with Crippen molar-refractivity contribution in [3.63, 3.8) is 0 Å². The van der Waals surface area contributed by atoms with E-state index < -0.39 is 16.1 Å². The number of hydrogen-bond donors (Lipinski definition) is 2. The molecule has 2 aromatic rings. The molecular weight excluding hydrogens is 426 g/mol. The summed E-state index contributed by atoms with van der Waals surface area (Å²) in [6, 6.07) is 11.6. The first kappa shape index (κ1) is 23.9. The lowest BCUT2D eigenvalue weighted by Gasteiger charge is -2.22. The molecule has 2 aromatic carbocycles. The molecule has 1 heterocycles. The van der Waals surface area contributed by atoms with Crippen LogP contribution < -0.4 is 14.9 Å². The van der Waals surface area contributed by atoms with Crippen LogP contribution in [0.2, 0.25) is 0 Å². The highest BCUT2D eigenvalue weighted by atomic mass is 32.2. The number of aryl methyl sites for hydroxylation is 1. The number of nitrogens with one attached hydrogen (secondary N) is 2. The molecular formula is C24H31N3O4S. The molecule has 2 amide bonds. The normalized spacial score (nSPS) is 16.7. The molecule has 7 nitrogen and oxygen atoms in total. The van der Waals surface area contributed by atoms with Crippen molar-refractivity contribution in [1.82, 2.24) is 10.0 Å². The lowest BCUT2D eigenvalue weighted by molar-refractivity contribution is -0.123. The van der Waals surface area contributed by atoms with Crippen LogP contribution in [0.5, 0.6) is 0 Å². The van der Waals surface area contributed by atoms with Crippen molar-refractivity contribution in [3.05, 3.63) is 59.2 Å². The van der Waals surface area contributed by atoms with E-state index in [0.717, 1.165) is 22.4 Å². The molecule has 2 atom stereocenters. The molecule has 0 saturated heterocycles. The number of benzene rings is 2. The maximum Gasteiger partial charge on any atom is 0.241 e. The first-order valence-corrected chi connectivity index (χ1v) is 12.3. The predicted molar refractivity (Wildman–Crippen MR) is 125 cm³/mol. The number of nitrogens with zero attached hydrogens (tertiary/aromatic N) is 1. The average Bonchev–Trinajstić information content (AvgIpc) is 3.06. The van der Waals surface area contributed by atoms with Gasteiger partial charge in [0, 0.05) is 25.2 Å². The molecule has 0 aromatic heterocycles. The standard InChI is InChI=1S/C24H31N3O4S/c1-15(2)23(24(29)25-14-19-8-6-16(3)7-9-19)26-32(30,31)21-10-11-22-20(13-21)12-17(4)27(22)18(5)28/h6-11,13,15,17,23,26H,12,14H2,1-5H3,(H,25,29)/t17-,23-/m1/s1. The Morgan fingerprint density at radius 2 is 1.78 bits per heavy atom. The number of hydrogen-bond acceptors (Lipinski definition) is 4. The largest absolute Gasteiger partial charge is 0.351 e. The lowest BCUT2D eigenvalue weighted by Crippen LogP contribution is -2.49. The van der Waals surface area contributed by atoms with Crippen LogP contribution in [0.15, 0.2) is 47.4 Å². The van der Waals surface area contributed by atoms with Gasteiger partial charge in [0.25, 0.3) is 0 Å². The second kappa shape index (κ2) is 9.42. The molecule has 3 rings (SSSR count). The van der Waals surface area contributed by atoms with E-state index in [1.807, 2.05) is 38.1 Å². The van der Waals surface area contributed by atoms with Crippen molar-refractivity contribution in [1.29, 1.82) is 0 Å². The summed E-state index contributed by atoms with van der Waals surface area (Å²) in [5, 5.41) is 2.83. The van der Waals surface area contributed by atoms with Crippen LogP contribution in [-0.2, 0) is 32.6 Å². The van der Waals surface area contributed by atoms with E-state index in [1.54, 1.807) is 30.9 Å². The minimum absolute atomic E-state index is 0.0237. The van der Waals surface area contributed by atoms with Crippen LogP contribution in [0.25, 0.3) is 0 Å². The summed E-state index contributed by atoms with van der Waals surface area (Å²) >= 11 is 0. The number of carbonyl (C=O) groups excluding carboxylic acids is 2. The summed E-state index contributed by atoms with van der Waals surface area (Å²) in [5.41, 5.74) is 3.61. The topological polar surface area (TPSA) is 95.6 Å². The zero-order valence-electron chi connectivity index (χ0n) is 19.2. The fourth-order valence-corrected chi connectivity index (χ4v) is 5.38. The average molecular weight is 458 g/mol. The van der Waals surface area contributed by atoms with E-state index >= 15 is 0 Å². The molecule has 1 aliphatic heterocycles. The second-order valence-electron chi connectivity index (χ2n) is 8.78. The third kappa shape index (κ3) is 5.19. The van der Waals surface area contributed by atoms with E-state index in [2.05, 4.69) is 10.0 Å². The predicted octanol–water partition coefficient (Wildman–Crippen LogP) is 2.91. The van der Waals surface area contributed by atoms with Gasteiger partial charge in [0.1, 0.15) is 6.04 Å². The van der Waals surface area contributed by atoms with Gasteiger partial charge in [0.2, 0.25) is 21.8 Å². The molecule has 0 radical (unpaired) electrons. The fraction of sp³-hybridized carbons (Fsp3) is 0.417. The van der Waals surface area contributed by atoms with Gasteiger partial charge in [-0.3, -0.25) is 9.59 Å². The third-order valence-electron chi connectivity index (χ3n) is 5.73. The van der Waals surface area contributed by atoms with Crippen LogP contribution in [0.4, 0.5) is 5.69 Å². The van der Waals surface area contributed by atoms with Crippen LogP contribution in [0, 0.1) is 12.8 Å². The number of amides is 2. The Kier molecular flexibility index (Phi) is 7.05. The van der Waals surface area contributed by atoms with Crippen molar-refractivity contribution < 1.29 is 18.0 Å². The highest BCUT2D eigenvalue weighted by molar-refractivity contribution is 7.89.